The first-order chi connectivity index (χ1) is 18.8. The number of carbonyl (C=O) groups is 2. The molecule has 1 aliphatic rings. The van der Waals surface area contributed by atoms with Gasteiger partial charge in [-0.2, -0.15) is 0 Å². The molecule has 1 N–H and O–H groups in total. The number of ketones is 1. The first-order valence-corrected chi connectivity index (χ1v) is 13.5. The van der Waals surface area contributed by atoms with Crippen LogP contribution in [0.1, 0.15) is 54.5 Å². The third-order valence-corrected chi connectivity index (χ3v) is 7.58. The van der Waals surface area contributed by atoms with E-state index in [1.165, 1.54) is 4.90 Å². The number of unbranched alkanes of at least 4 members (excludes halogenated alkanes) is 2. The lowest BCUT2D eigenvalue weighted by Gasteiger charge is -2.25. The number of nitrogens with zero attached hydrogens (tertiary/aromatic N) is 2. The van der Waals surface area contributed by atoms with Crippen molar-refractivity contribution < 1.29 is 19.4 Å². The van der Waals surface area contributed by atoms with Gasteiger partial charge in [0.15, 0.2) is 0 Å². The minimum atomic E-state index is -0.789. The van der Waals surface area contributed by atoms with Crippen molar-refractivity contribution in [2.45, 2.75) is 46.1 Å². The van der Waals surface area contributed by atoms with E-state index in [9.17, 15) is 14.7 Å². The van der Waals surface area contributed by atoms with Crippen LogP contribution in [-0.2, 0) is 16.6 Å². The van der Waals surface area contributed by atoms with Crippen molar-refractivity contribution in [1.29, 1.82) is 0 Å². The summed E-state index contributed by atoms with van der Waals surface area (Å²) in [5, 5.41) is 12.5. The zero-order valence-corrected chi connectivity index (χ0v) is 22.9. The zero-order chi connectivity index (χ0) is 27.7. The molecular weight excluding hydrogens is 488 g/mol. The summed E-state index contributed by atoms with van der Waals surface area (Å²) in [5.41, 5.74) is 5.01. The maximum Gasteiger partial charge on any atom is 0.300 e. The molecule has 1 aromatic heterocycles. The van der Waals surface area contributed by atoms with Gasteiger partial charge in [-0.05, 0) is 73.9 Å². The molecule has 6 heteroatoms. The lowest BCUT2D eigenvalue weighted by Crippen LogP contribution is -2.29. The van der Waals surface area contributed by atoms with Crippen LogP contribution in [0.15, 0.2) is 78.5 Å². The molecule has 3 aromatic carbocycles. The van der Waals surface area contributed by atoms with Crippen molar-refractivity contribution in [3.8, 4) is 5.75 Å². The van der Waals surface area contributed by atoms with Gasteiger partial charge in [0.05, 0.1) is 18.2 Å². The Morgan fingerprint density at radius 2 is 1.69 bits per heavy atom. The van der Waals surface area contributed by atoms with Gasteiger partial charge in [-0.1, -0.05) is 44.0 Å². The van der Waals surface area contributed by atoms with Crippen LogP contribution in [0, 0.1) is 13.8 Å². The fourth-order valence-electron chi connectivity index (χ4n) is 5.27. The predicted molar refractivity (Wildman–Crippen MR) is 155 cm³/mol. The van der Waals surface area contributed by atoms with Gasteiger partial charge in [-0.15, -0.1) is 0 Å². The minimum absolute atomic E-state index is 0.0752. The highest BCUT2D eigenvalue weighted by Gasteiger charge is 2.48. The van der Waals surface area contributed by atoms with Crippen molar-refractivity contribution in [3.63, 3.8) is 0 Å². The van der Waals surface area contributed by atoms with Gasteiger partial charge >= 0.3 is 0 Å². The normalized spacial score (nSPS) is 16.8. The Kier molecular flexibility index (Phi) is 7.29. The van der Waals surface area contributed by atoms with Gasteiger partial charge in [-0.3, -0.25) is 14.5 Å². The quantitative estimate of drug-likeness (QED) is 0.117. The van der Waals surface area contributed by atoms with E-state index < -0.39 is 17.7 Å². The first kappa shape index (κ1) is 26.3. The molecule has 0 aliphatic carbocycles. The minimum Gasteiger partial charge on any atom is -0.507 e. The van der Waals surface area contributed by atoms with Crippen LogP contribution >= 0.6 is 0 Å². The van der Waals surface area contributed by atoms with Gasteiger partial charge in [-0.25, -0.2) is 0 Å². The molecule has 0 spiro atoms. The number of hydrogen-bond donors (Lipinski definition) is 1. The predicted octanol–water partition coefficient (Wildman–Crippen LogP) is 6.99. The van der Waals surface area contributed by atoms with Crippen molar-refractivity contribution in [2.24, 2.45) is 7.05 Å². The summed E-state index contributed by atoms with van der Waals surface area (Å²) < 4.78 is 7.80. The number of Topliss-reactive ketones (excluding diaryl/α,β-unsaturated/α-hetero) is 1. The second-order valence-electron chi connectivity index (χ2n) is 10.2. The van der Waals surface area contributed by atoms with Crippen LogP contribution in [-0.4, -0.2) is 28.0 Å². The number of fused-ring (bicyclic) bond motifs is 1. The Bertz CT molecular complexity index is 1580. The van der Waals surface area contributed by atoms with E-state index in [-0.39, 0.29) is 11.3 Å². The van der Waals surface area contributed by atoms with Crippen LogP contribution in [0.4, 0.5) is 5.69 Å². The number of carbonyl (C=O) groups excluding carboxylic acids is 2. The molecule has 1 aliphatic heterocycles. The largest absolute Gasteiger partial charge is 0.507 e. The Morgan fingerprint density at radius 3 is 2.41 bits per heavy atom. The molecule has 1 fully saturated rings. The van der Waals surface area contributed by atoms with E-state index in [0.717, 1.165) is 46.9 Å². The molecule has 4 aromatic rings. The maximum absolute atomic E-state index is 13.6. The Balaban J connectivity index is 1.64. The highest BCUT2D eigenvalue weighted by molar-refractivity contribution is 6.51. The van der Waals surface area contributed by atoms with E-state index in [2.05, 4.69) is 6.92 Å². The van der Waals surface area contributed by atoms with E-state index in [4.69, 9.17) is 4.74 Å². The molecule has 2 heterocycles. The van der Waals surface area contributed by atoms with Crippen LogP contribution in [0.5, 0.6) is 5.75 Å². The van der Waals surface area contributed by atoms with Gasteiger partial charge < -0.3 is 14.4 Å². The van der Waals surface area contributed by atoms with Gasteiger partial charge in [0.1, 0.15) is 11.5 Å². The number of aliphatic hydroxyl groups is 1. The van der Waals surface area contributed by atoms with Crippen LogP contribution in [0.3, 0.4) is 0 Å². The van der Waals surface area contributed by atoms with Gasteiger partial charge in [0, 0.05) is 41.0 Å². The number of benzene rings is 3. The van der Waals surface area contributed by atoms with E-state index in [1.54, 1.807) is 24.3 Å². The van der Waals surface area contributed by atoms with Crippen LogP contribution in [0.2, 0.25) is 0 Å². The van der Waals surface area contributed by atoms with Crippen molar-refractivity contribution in [1.82, 2.24) is 4.57 Å². The number of aromatic nitrogens is 1. The SMILES string of the molecule is CCCCCOc1ccc(/C(O)=C2\C(=O)C(=O)N(c3ccc(C)c(C)c3)C2c2cn(C)c3ccccc23)cc1. The fraction of sp³-hybridized carbons (Fsp3) is 0.273. The highest BCUT2D eigenvalue weighted by Crippen LogP contribution is 2.45. The number of rotatable bonds is 8. The summed E-state index contributed by atoms with van der Waals surface area (Å²) in [6.07, 6.45) is 5.14. The highest BCUT2D eigenvalue weighted by atomic mass is 16.5. The lowest BCUT2D eigenvalue weighted by atomic mass is 9.94. The number of aliphatic hydroxyl groups excluding tert-OH is 1. The third kappa shape index (κ3) is 4.83. The molecule has 1 saturated heterocycles. The summed E-state index contributed by atoms with van der Waals surface area (Å²) in [4.78, 5) is 28.7. The molecule has 1 unspecified atom stereocenters. The lowest BCUT2D eigenvalue weighted by molar-refractivity contribution is -0.132. The molecule has 200 valence electrons. The van der Waals surface area contributed by atoms with E-state index in [0.29, 0.717) is 23.6 Å². The molecule has 0 saturated carbocycles. The summed E-state index contributed by atoms with van der Waals surface area (Å²) >= 11 is 0. The number of amides is 1. The molecular formula is C33H34N2O4. The Labute approximate surface area is 229 Å². The van der Waals surface area contributed by atoms with E-state index in [1.807, 2.05) is 74.1 Å². The van der Waals surface area contributed by atoms with Crippen LogP contribution in [0.25, 0.3) is 16.7 Å². The average molecular weight is 523 g/mol. The third-order valence-electron chi connectivity index (χ3n) is 7.58. The Hall–Kier alpha value is -4.32. The number of anilines is 1. The topological polar surface area (TPSA) is 71.8 Å². The van der Waals surface area contributed by atoms with Gasteiger partial charge in [0.2, 0.25) is 0 Å². The molecule has 5 rings (SSSR count). The monoisotopic (exact) mass is 522 g/mol. The Morgan fingerprint density at radius 1 is 0.949 bits per heavy atom. The number of aryl methyl sites for hydroxylation is 3. The number of hydrogen-bond acceptors (Lipinski definition) is 4. The van der Waals surface area contributed by atoms with Crippen LogP contribution < -0.4 is 9.64 Å². The standard InChI is InChI=1S/C33H34N2O4/c1-5-6-9-18-39-25-16-13-23(14-17-25)31(36)29-30(27-20-34(4)28-11-8-7-10-26(27)28)35(33(38)32(29)37)24-15-12-21(2)22(3)19-24/h7-8,10-17,19-20,30,36H,5-6,9,18H2,1-4H3/b31-29+. The van der Waals surface area contributed by atoms with Gasteiger partial charge in [0.25, 0.3) is 11.7 Å². The zero-order valence-electron chi connectivity index (χ0n) is 22.9. The summed E-state index contributed by atoms with van der Waals surface area (Å²) in [6, 6.07) is 19.8. The van der Waals surface area contributed by atoms with Crippen molar-refractivity contribution in [3.05, 3.63) is 101 Å². The first-order valence-electron chi connectivity index (χ1n) is 13.5. The molecule has 6 nitrogen and oxygen atoms in total. The average Bonchev–Trinajstić information content (AvgIpc) is 3.41. The summed E-state index contributed by atoms with van der Waals surface area (Å²) in [6.45, 7) is 6.76. The number of ether oxygens (including phenoxy) is 1. The number of para-hydroxylation sites is 1. The fourth-order valence-corrected chi connectivity index (χ4v) is 5.27. The second kappa shape index (κ2) is 10.8. The molecule has 1 amide bonds. The van der Waals surface area contributed by atoms with Crippen molar-refractivity contribution in [2.75, 3.05) is 11.5 Å². The van der Waals surface area contributed by atoms with E-state index >= 15 is 0 Å². The maximum atomic E-state index is 13.6. The van der Waals surface area contributed by atoms with Crippen molar-refractivity contribution >= 4 is 34.0 Å². The smallest absolute Gasteiger partial charge is 0.300 e. The molecule has 39 heavy (non-hydrogen) atoms. The second-order valence-corrected chi connectivity index (χ2v) is 10.2. The molecule has 0 bridgehead atoms. The summed E-state index contributed by atoms with van der Waals surface area (Å²) in [5.74, 6) is -0.865. The summed E-state index contributed by atoms with van der Waals surface area (Å²) in [7, 11) is 1.94. The molecule has 1 atom stereocenters. The molecule has 0 radical (unpaired) electrons.